The monoisotopic (exact) mass is 258 g/mol. The van der Waals surface area contributed by atoms with Crippen LogP contribution in [-0.2, 0) is 6.54 Å². The number of hydrogen-bond acceptors (Lipinski definition) is 3. The van der Waals surface area contributed by atoms with Crippen molar-refractivity contribution in [1.82, 2.24) is 14.9 Å². The summed E-state index contributed by atoms with van der Waals surface area (Å²) in [6.07, 6.45) is 1.96. The third-order valence-electron chi connectivity index (χ3n) is 3.65. The highest BCUT2D eigenvalue weighted by Crippen LogP contribution is 2.22. The topological polar surface area (TPSA) is 33.1 Å². The van der Waals surface area contributed by atoms with E-state index in [-0.39, 0.29) is 0 Å². The predicted molar refractivity (Wildman–Crippen MR) is 79.7 cm³/mol. The first kappa shape index (κ1) is 12.5. The van der Waals surface area contributed by atoms with Crippen molar-refractivity contribution < 1.29 is 0 Å². The van der Waals surface area contributed by atoms with Crippen LogP contribution in [0.3, 0.4) is 0 Å². The number of hydrogen-bond donors (Lipinski definition) is 1. The van der Waals surface area contributed by atoms with Crippen LogP contribution in [-0.4, -0.2) is 35.7 Å². The lowest BCUT2D eigenvalue weighted by molar-refractivity contribution is 0.533. The Morgan fingerprint density at radius 1 is 1.26 bits per heavy atom. The van der Waals surface area contributed by atoms with E-state index in [1.165, 1.54) is 11.2 Å². The second-order valence-corrected chi connectivity index (χ2v) is 5.70. The van der Waals surface area contributed by atoms with Gasteiger partial charge in [-0.2, -0.15) is 0 Å². The first-order valence-electron chi connectivity index (χ1n) is 7.14. The number of nitrogens with one attached hydrogen (secondary N) is 1. The zero-order valence-corrected chi connectivity index (χ0v) is 11.8. The van der Waals surface area contributed by atoms with Crippen molar-refractivity contribution in [3.8, 4) is 0 Å². The molecular formula is C15H22N4. The van der Waals surface area contributed by atoms with Crippen molar-refractivity contribution in [3.63, 3.8) is 0 Å². The molecule has 0 atom stereocenters. The van der Waals surface area contributed by atoms with E-state index in [1.807, 2.05) is 6.33 Å². The molecule has 3 rings (SSSR count). The maximum Gasteiger partial charge on any atom is 0.0958 e. The second-order valence-electron chi connectivity index (χ2n) is 5.70. The molecule has 19 heavy (non-hydrogen) atoms. The molecule has 1 N–H and O–H groups in total. The maximum atomic E-state index is 4.55. The molecule has 1 fully saturated rings. The summed E-state index contributed by atoms with van der Waals surface area (Å²) in [5, 5.41) is 3.39. The van der Waals surface area contributed by atoms with Gasteiger partial charge in [0.25, 0.3) is 0 Å². The minimum absolute atomic E-state index is 0.644. The van der Waals surface area contributed by atoms with Gasteiger partial charge in [0.1, 0.15) is 0 Å². The highest BCUT2D eigenvalue weighted by molar-refractivity contribution is 5.79. The van der Waals surface area contributed by atoms with Gasteiger partial charge in [-0.15, -0.1) is 0 Å². The normalized spacial score (nSPS) is 16.5. The first-order chi connectivity index (χ1) is 9.24. The van der Waals surface area contributed by atoms with E-state index in [9.17, 15) is 0 Å². The Labute approximate surface area is 114 Å². The number of nitrogens with zero attached hydrogens (tertiary/aromatic N) is 3. The lowest BCUT2D eigenvalue weighted by atomic mass is 10.2. The number of rotatable bonds is 3. The van der Waals surface area contributed by atoms with E-state index < -0.39 is 0 Å². The van der Waals surface area contributed by atoms with Crippen LogP contribution in [0.4, 0.5) is 5.69 Å². The van der Waals surface area contributed by atoms with Gasteiger partial charge < -0.3 is 14.8 Å². The molecule has 1 saturated heterocycles. The van der Waals surface area contributed by atoms with Gasteiger partial charge in [0, 0.05) is 38.4 Å². The summed E-state index contributed by atoms with van der Waals surface area (Å²) in [6.45, 7) is 9.81. The third kappa shape index (κ3) is 2.59. The summed E-state index contributed by atoms with van der Waals surface area (Å²) in [5.74, 6) is 0.644. The van der Waals surface area contributed by atoms with E-state index in [2.05, 4.69) is 51.8 Å². The van der Waals surface area contributed by atoms with Crippen molar-refractivity contribution in [2.45, 2.75) is 20.4 Å². The summed E-state index contributed by atoms with van der Waals surface area (Å²) in [7, 11) is 0. The Kier molecular flexibility index (Phi) is 3.42. The highest BCUT2D eigenvalue weighted by atomic mass is 15.2. The zero-order chi connectivity index (χ0) is 13.2. The van der Waals surface area contributed by atoms with Gasteiger partial charge in [0.15, 0.2) is 0 Å². The minimum atomic E-state index is 0.644. The molecular weight excluding hydrogens is 236 g/mol. The number of imidazole rings is 1. The van der Waals surface area contributed by atoms with Crippen molar-refractivity contribution in [3.05, 3.63) is 24.5 Å². The van der Waals surface area contributed by atoms with Crippen LogP contribution in [0.2, 0.25) is 0 Å². The number of piperazine rings is 1. The summed E-state index contributed by atoms with van der Waals surface area (Å²) in [6, 6.07) is 6.66. The summed E-state index contributed by atoms with van der Waals surface area (Å²) in [5.41, 5.74) is 3.65. The van der Waals surface area contributed by atoms with Gasteiger partial charge in [-0.1, -0.05) is 13.8 Å². The van der Waals surface area contributed by atoms with Crippen LogP contribution in [0, 0.1) is 5.92 Å². The minimum Gasteiger partial charge on any atom is -0.369 e. The van der Waals surface area contributed by atoms with Crippen LogP contribution >= 0.6 is 0 Å². The number of anilines is 1. The molecule has 4 nitrogen and oxygen atoms in total. The molecule has 4 heteroatoms. The number of benzene rings is 1. The van der Waals surface area contributed by atoms with E-state index in [0.29, 0.717) is 5.92 Å². The number of fused-ring (bicyclic) bond motifs is 1. The molecule has 1 aliphatic rings. The third-order valence-corrected chi connectivity index (χ3v) is 3.65. The van der Waals surface area contributed by atoms with Crippen molar-refractivity contribution in [2.24, 2.45) is 5.92 Å². The Bertz CT molecular complexity index is 552. The molecule has 0 aliphatic carbocycles. The zero-order valence-electron chi connectivity index (χ0n) is 11.8. The Morgan fingerprint density at radius 2 is 2.05 bits per heavy atom. The lowest BCUT2D eigenvalue weighted by Crippen LogP contribution is -2.43. The van der Waals surface area contributed by atoms with Gasteiger partial charge in [0.2, 0.25) is 0 Å². The van der Waals surface area contributed by atoms with Gasteiger partial charge in [-0.3, -0.25) is 0 Å². The van der Waals surface area contributed by atoms with Crippen molar-refractivity contribution >= 4 is 16.7 Å². The van der Waals surface area contributed by atoms with Crippen molar-refractivity contribution in [1.29, 1.82) is 0 Å². The van der Waals surface area contributed by atoms with Gasteiger partial charge >= 0.3 is 0 Å². The van der Waals surface area contributed by atoms with Gasteiger partial charge in [-0.05, 0) is 24.1 Å². The molecule has 2 aromatic rings. The fraction of sp³-hybridized carbons (Fsp3) is 0.533. The lowest BCUT2D eigenvalue weighted by Gasteiger charge is -2.29. The van der Waals surface area contributed by atoms with Gasteiger partial charge in [0.05, 0.1) is 17.4 Å². The van der Waals surface area contributed by atoms with Crippen LogP contribution < -0.4 is 10.2 Å². The standard InChI is InChI=1S/C15H22N4/c1-12(2)10-19-11-17-14-9-13(3-4-15(14)19)18-7-5-16-6-8-18/h3-4,9,11-12,16H,5-8,10H2,1-2H3. The van der Waals surface area contributed by atoms with E-state index in [1.54, 1.807) is 0 Å². The summed E-state index contributed by atoms with van der Waals surface area (Å²) >= 11 is 0. The smallest absolute Gasteiger partial charge is 0.0958 e. The SMILES string of the molecule is CC(C)Cn1cnc2cc(N3CCNCC3)ccc21. The molecule has 0 amide bonds. The van der Waals surface area contributed by atoms with Crippen LogP contribution in [0.5, 0.6) is 0 Å². The van der Waals surface area contributed by atoms with Crippen molar-refractivity contribution in [2.75, 3.05) is 31.1 Å². The van der Waals surface area contributed by atoms with Crippen LogP contribution in [0.15, 0.2) is 24.5 Å². The molecule has 0 saturated carbocycles. The molecule has 0 bridgehead atoms. The van der Waals surface area contributed by atoms with Gasteiger partial charge in [-0.25, -0.2) is 4.98 Å². The molecule has 2 heterocycles. The predicted octanol–water partition coefficient (Wildman–Crippen LogP) is 2.10. The van der Waals surface area contributed by atoms with E-state index in [4.69, 9.17) is 0 Å². The molecule has 1 aromatic carbocycles. The van der Waals surface area contributed by atoms with Crippen LogP contribution in [0.25, 0.3) is 11.0 Å². The number of aromatic nitrogens is 2. The Morgan fingerprint density at radius 3 is 2.79 bits per heavy atom. The first-order valence-corrected chi connectivity index (χ1v) is 7.14. The average molecular weight is 258 g/mol. The molecule has 102 valence electrons. The average Bonchev–Trinajstić information content (AvgIpc) is 2.81. The van der Waals surface area contributed by atoms with Crippen LogP contribution in [0.1, 0.15) is 13.8 Å². The quantitative estimate of drug-likeness (QED) is 0.915. The second kappa shape index (κ2) is 5.21. The molecule has 1 aliphatic heterocycles. The molecule has 0 radical (unpaired) electrons. The highest BCUT2D eigenvalue weighted by Gasteiger charge is 2.12. The molecule has 0 unspecified atom stereocenters. The summed E-state index contributed by atoms with van der Waals surface area (Å²) in [4.78, 5) is 6.98. The van der Waals surface area contributed by atoms with E-state index >= 15 is 0 Å². The molecule has 1 aromatic heterocycles. The fourth-order valence-corrected chi connectivity index (χ4v) is 2.71. The summed E-state index contributed by atoms with van der Waals surface area (Å²) < 4.78 is 2.25. The van der Waals surface area contributed by atoms with E-state index in [0.717, 1.165) is 38.2 Å². The Balaban J connectivity index is 1.89. The maximum absolute atomic E-state index is 4.55. The molecule has 0 spiro atoms. The Hall–Kier alpha value is -1.55. The fourth-order valence-electron chi connectivity index (χ4n) is 2.71. The largest absolute Gasteiger partial charge is 0.369 e.